The Labute approximate surface area is 174 Å². The summed E-state index contributed by atoms with van der Waals surface area (Å²) in [4.78, 5) is 23.8. The van der Waals surface area contributed by atoms with E-state index >= 15 is 0 Å². The smallest absolute Gasteiger partial charge is 0.327 e. The molecule has 0 aliphatic heterocycles. The molecule has 8 heteroatoms. The maximum Gasteiger partial charge on any atom is 0.327 e. The van der Waals surface area contributed by atoms with Crippen molar-refractivity contribution >= 4 is 11.9 Å². The molecule has 0 aliphatic rings. The lowest BCUT2D eigenvalue weighted by atomic mass is 9.89. The lowest BCUT2D eigenvalue weighted by molar-refractivity contribution is -0.154. The van der Waals surface area contributed by atoms with E-state index in [0.717, 1.165) is 12.1 Å². The molecule has 1 aromatic rings. The molecule has 0 unspecified atom stereocenters. The van der Waals surface area contributed by atoms with Crippen LogP contribution in [-0.4, -0.2) is 52.2 Å². The van der Waals surface area contributed by atoms with Crippen molar-refractivity contribution in [3.63, 3.8) is 0 Å². The van der Waals surface area contributed by atoms with E-state index < -0.39 is 5.60 Å². The largest absolute Gasteiger partial charge is 0.461 e. The quantitative estimate of drug-likeness (QED) is 0.532. The van der Waals surface area contributed by atoms with E-state index in [1.54, 1.807) is 6.20 Å². The summed E-state index contributed by atoms with van der Waals surface area (Å²) in [6.45, 7) is 17.0. The Bertz CT molecular complexity index is 665. The van der Waals surface area contributed by atoms with Crippen molar-refractivity contribution in [1.82, 2.24) is 20.3 Å². The third-order valence-corrected chi connectivity index (χ3v) is 4.56. The first-order valence-electron chi connectivity index (χ1n) is 10.3. The predicted octanol–water partition coefficient (Wildman–Crippen LogP) is 2.93. The monoisotopic (exact) mass is 410 g/mol. The van der Waals surface area contributed by atoms with Crippen molar-refractivity contribution < 1.29 is 19.1 Å². The number of nitrogens with zero attached hydrogens (tertiary/aromatic N) is 3. The number of amides is 1. The van der Waals surface area contributed by atoms with E-state index in [0.29, 0.717) is 13.2 Å². The van der Waals surface area contributed by atoms with Crippen LogP contribution in [0.2, 0.25) is 0 Å². The third kappa shape index (κ3) is 9.87. The minimum absolute atomic E-state index is 0.0230. The van der Waals surface area contributed by atoms with Gasteiger partial charge in [-0.2, -0.15) is 0 Å². The lowest BCUT2D eigenvalue weighted by Gasteiger charge is -2.29. The van der Waals surface area contributed by atoms with Gasteiger partial charge in [0.05, 0.1) is 11.3 Å². The Balaban J connectivity index is 2.35. The summed E-state index contributed by atoms with van der Waals surface area (Å²) in [6, 6.07) is 0. The van der Waals surface area contributed by atoms with Crippen molar-refractivity contribution in [3.8, 4) is 0 Å². The average molecular weight is 411 g/mol. The lowest BCUT2D eigenvalue weighted by Crippen LogP contribution is -2.38. The molecular weight excluding hydrogens is 372 g/mol. The van der Waals surface area contributed by atoms with Crippen molar-refractivity contribution in [1.29, 1.82) is 0 Å². The number of aromatic nitrogens is 3. The molecule has 0 spiro atoms. The summed E-state index contributed by atoms with van der Waals surface area (Å²) in [5.41, 5.74) is 0.158. The van der Waals surface area contributed by atoms with E-state index in [9.17, 15) is 9.59 Å². The molecule has 166 valence electrons. The number of carbonyl (C=O) groups excluding carboxylic acids is 2. The number of ether oxygens (including phenoxy) is 2. The van der Waals surface area contributed by atoms with Crippen molar-refractivity contribution in [2.24, 2.45) is 11.3 Å². The molecule has 29 heavy (non-hydrogen) atoms. The first kappa shape index (κ1) is 25.1. The molecule has 0 aromatic carbocycles. The van der Waals surface area contributed by atoms with Gasteiger partial charge in [0.25, 0.3) is 0 Å². The highest BCUT2D eigenvalue weighted by atomic mass is 16.6. The van der Waals surface area contributed by atoms with Gasteiger partial charge in [0.1, 0.15) is 13.2 Å². The van der Waals surface area contributed by atoms with Crippen LogP contribution in [0.15, 0.2) is 6.20 Å². The van der Waals surface area contributed by atoms with Gasteiger partial charge in [0.2, 0.25) is 5.91 Å². The van der Waals surface area contributed by atoms with Crippen molar-refractivity contribution in [3.05, 3.63) is 11.9 Å². The summed E-state index contributed by atoms with van der Waals surface area (Å²) < 4.78 is 12.8. The molecule has 0 saturated heterocycles. The van der Waals surface area contributed by atoms with Gasteiger partial charge in [-0.3, -0.25) is 9.59 Å². The molecule has 0 aliphatic carbocycles. The molecule has 0 atom stereocenters. The van der Waals surface area contributed by atoms with E-state index in [-0.39, 0.29) is 42.3 Å². The normalized spacial score (nSPS) is 12.5. The third-order valence-electron chi connectivity index (χ3n) is 4.56. The SMILES string of the molecule is CC(C)C(=O)NCC(C)(C)CCOC(C)(C)COC(=O)Cn1cc(C(C)C)nn1. The van der Waals surface area contributed by atoms with Gasteiger partial charge in [-0.25, -0.2) is 4.68 Å². The van der Waals surface area contributed by atoms with Gasteiger partial charge in [-0.05, 0) is 31.6 Å². The first-order valence-corrected chi connectivity index (χ1v) is 10.3. The highest BCUT2D eigenvalue weighted by Gasteiger charge is 2.25. The molecule has 0 radical (unpaired) electrons. The van der Waals surface area contributed by atoms with Gasteiger partial charge in [-0.1, -0.05) is 46.8 Å². The highest BCUT2D eigenvalue weighted by Crippen LogP contribution is 2.21. The van der Waals surface area contributed by atoms with Crippen LogP contribution in [0.25, 0.3) is 0 Å². The molecule has 1 aromatic heterocycles. The van der Waals surface area contributed by atoms with E-state index in [2.05, 4.69) is 29.5 Å². The van der Waals surface area contributed by atoms with Crippen molar-refractivity contribution in [2.45, 2.75) is 79.9 Å². The van der Waals surface area contributed by atoms with Crippen LogP contribution in [0.4, 0.5) is 0 Å². The second-order valence-corrected chi connectivity index (χ2v) is 9.55. The maximum atomic E-state index is 12.1. The Kier molecular flexibility index (Phi) is 9.26. The van der Waals surface area contributed by atoms with Gasteiger partial charge in [0, 0.05) is 25.3 Å². The van der Waals surface area contributed by atoms with Crippen LogP contribution in [0.5, 0.6) is 0 Å². The topological polar surface area (TPSA) is 95.3 Å². The second-order valence-electron chi connectivity index (χ2n) is 9.55. The van der Waals surface area contributed by atoms with Crippen LogP contribution >= 0.6 is 0 Å². The van der Waals surface area contributed by atoms with E-state index in [4.69, 9.17) is 9.47 Å². The number of carbonyl (C=O) groups is 2. The molecule has 1 heterocycles. The van der Waals surface area contributed by atoms with Crippen LogP contribution in [-0.2, 0) is 25.6 Å². The Hall–Kier alpha value is -1.96. The van der Waals surface area contributed by atoms with Gasteiger partial charge in [-0.15, -0.1) is 5.10 Å². The Morgan fingerprint density at radius 1 is 1.17 bits per heavy atom. The minimum Gasteiger partial charge on any atom is -0.461 e. The number of nitrogens with one attached hydrogen (secondary N) is 1. The molecule has 0 bridgehead atoms. The van der Waals surface area contributed by atoms with Gasteiger partial charge in [0.15, 0.2) is 0 Å². The molecule has 0 fully saturated rings. The van der Waals surface area contributed by atoms with Crippen LogP contribution in [0.1, 0.15) is 73.4 Å². The Morgan fingerprint density at radius 2 is 1.83 bits per heavy atom. The number of hydrogen-bond acceptors (Lipinski definition) is 6. The summed E-state index contributed by atoms with van der Waals surface area (Å²) in [5, 5.41) is 10.9. The standard InChI is InChI=1S/C21H38N4O4/c1-15(2)17-11-25(24-23-17)12-18(26)28-14-21(7,8)29-10-9-20(5,6)13-22-19(27)16(3)4/h11,15-16H,9-10,12-14H2,1-8H3,(H,22,27). The summed E-state index contributed by atoms with van der Waals surface area (Å²) in [5.74, 6) is -0.0852. The van der Waals surface area contributed by atoms with Gasteiger partial charge < -0.3 is 14.8 Å². The molecule has 0 saturated carbocycles. The van der Waals surface area contributed by atoms with Crippen LogP contribution in [0.3, 0.4) is 0 Å². The minimum atomic E-state index is -0.599. The number of rotatable bonds is 12. The fourth-order valence-corrected chi connectivity index (χ4v) is 2.35. The number of esters is 1. The average Bonchev–Trinajstić information content (AvgIpc) is 3.06. The zero-order valence-electron chi connectivity index (χ0n) is 19.2. The summed E-state index contributed by atoms with van der Waals surface area (Å²) in [7, 11) is 0. The number of hydrogen-bond donors (Lipinski definition) is 1. The van der Waals surface area contributed by atoms with Crippen LogP contribution < -0.4 is 5.32 Å². The highest BCUT2D eigenvalue weighted by molar-refractivity contribution is 5.77. The van der Waals surface area contributed by atoms with Crippen LogP contribution in [0, 0.1) is 11.3 Å². The fourth-order valence-electron chi connectivity index (χ4n) is 2.35. The van der Waals surface area contributed by atoms with E-state index in [1.165, 1.54) is 4.68 Å². The first-order chi connectivity index (χ1) is 13.3. The second kappa shape index (κ2) is 10.7. The zero-order chi connectivity index (χ0) is 22.2. The fraction of sp³-hybridized carbons (Fsp3) is 0.810. The van der Waals surface area contributed by atoms with Crippen molar-refractivity contribution in [2.75, 3.05) is 19.8 Å². The Morgan fingerprint density at radius 3 is 2.38 bits per heavy atom. The zero-order valence-corrected chi connectivity index (χ0v) is 19.2. The molecular formula is C21H38N4O4. The van der Waals surface area contributed by atoms with Gasteiger partial charge >= 0.3 is 5.97 Å². The maximum absolute atomic E-state index is 12.1. The molecule has 1 N–H and O–H groups in total. The van der Waals surface area contributed by atoms with E-state index in [1.807, 2.05) is 41.5 Å². The molecule has 1 amide bonds. The molecule has 8 nitrogen and oxygen atoms in total. The molecule has 1 rings (SSSR count). The summed E-state index contributed by atoms with van der Waals surface area (Å²) >= 11 is 0. The predicted molar refractivity (Wildman–Crippen MR) is 111 cm³/mol. The summed E-state index contributed by atoms with van der Waals surface area (Å²) in [6.07, 6.45) is 2.54.